The number of amides is 2. The van der Waals surface area contributed by atoms with Gasteiger partial charge in [-0.2, -0.15) is 0 Å². The summed E-state index contributed by atoms with van der Waals surface area (Å²) >= 11 is 16.1. The smallest absolute Gasteiger partial charge is 0.242 e. The summed E-state index contributed by atoms with van der Waals surface area (Å²) in [6.07, 6.45) is 0.380. The zero-order valence-electron chi connectivity index (χ0n) is 17.5. The minimum atomic E-state index is -0.699. The first kappa shape index (κ1) is 24.3. The van der Waals surface area contributed by atoms with Crippen molar-refractivity contribution in [2.45, 2.75) is 25.4 Å². The number of rotatable bonds is 8. The van der Waals surface area contributed by atoms with Gasteiger partial charge in [0.15, 0.2) is 0 Å². The Balaban J connectivity index is 1.98. The van der Waals surface area contributed by atoms with Crippen LogP contribution in [0.4, 0.5) is 0 Å². The highest BCUT2D eigenvalue weighted by molar-refractivity contribution is 9.10. The van der Waals surface area contributed by atoms with E-state index in [0.29, 0.717) is 22.0 Å². The van der Waals surface area contributed by atoms with Crippen molar-refractivity contribution in [2.75, 3.05) is 7.05 Å². The first-order valence-electron chi connectivity index (χ1n) is 10.1. The molecule has 0 unspecified atom stereocenters. The van der Waals surface area contributed by atoms with Crippen molar-refractivity contribution in [1.82, 2.24) is 10.2 Å². The minimum absolute atomic E-state index is 0.00516. The third kappa shape index (κ3) is 6.35. The Labute approximate surface area is 206 Å². The molecule has 0 aliphatic rings. The Bertz CT molecular complexity index is 1070. The molecular weight excluding hydrogens is 511 g/mol. The van der Waals surface area contributed by atoms with Crippen LogP contribution in [-0.4, -0.2) is 29.8 Å². The van der Waals surface area contributed by atoms with E-state index in [1.165, 1.54) is 0 Å². The molecule has 0 heterocycles. The predicted molar refractivity (Wildman–Crippen MR) is 133 cm³/mol. The zero-order valence-corrected chi connectivity index (χ0v) is 20.6. The summed E-state index contributed by atoms with van der Waals surface area (Å²) in [5.41, 5.74) is 2.42. The fourth-order valence-corrected chi connectivity index (χ4v) is 4.48. The molecule has 0 aliphatic carbocycles. The summed E-state index contributed by atoms with van der Waals surface area (Å²) in [5.74, 6) is -0.466. The average Bonchev–Trinajstić information content (AvgIpc) is 2.79. The van der Waals surface area contributed by atoms with Crippen molar-refractivity contribution >= 4 is 50.9 Å². The molecule has 4 nitrogen and oxygen atoms in total. The highest BCUT2D eigenvalue weighted by Gasteiger charge is 2.30. The maximum atomic E-state index is 13.6. The van der Waals surface area contributed by atoms with Crippen LogP contribution in [0.15, 0.2) is 77.3 Å². The first-order chi connectivity index (χ1) is 15.4. The standard InChI is InChI=1S/C25H23BrCl2N2O2/c1-29-25(32)23(14-17-7-3-2-4-8-17)30(16-18-9-5-10-19(26)13-18)24(31)15-20-21(27)11-6-12-22(20)28/h2-13,23H,14-16H2,1H3,(H,29,32)/t23-/m1/s1. The van der Waals surface area contributed by atoms with E-state index in [4.69, 9.17) is 23.2 Å². The monoisotopic (exact) mass is 532 g/mol. The Morgan fingerprint density at radius 3 is 2.19 bits per heavy atom. The Hall–Kier alpha value is -2.34. The molecule has 3 aromatic carbocycles. The minimum Gasteiger partial charge on any atom is -0.357 e. The average molecular weight is 534 g/mol. The molecule has 0 aliphatic heterocycles. The highest BCUT2D eigenvalue weighted by Crippen LogP contribution is 2.26. The van der Waals surface area contributed by atoms with Crippen LogP contribution in [0.5, 0.6) is 0 Å². The predicted octanol–water partition coefficient (Wildman–Crippen LogP) is 5.68. The zero-order chi connectivity index (χ0) is 23.1. The molecule has 3 rings (SSSR count). The van der Waals surface area contributed by atoms with Gasteiger partial charge in [-0.15, -0.1) is 0 Å². The van der Waals surface area contributed by atoms with Crippen LogP contribution in [0.3, 0.4) is 0 Å². The number of likely N-dealkylation sites (N-methyl/N-ethyl adjacent to an activating group) is 1. The SMILES string of the molecule is CNC(=O)[C@@H](Cc1ccccc1)N(Cc1cccc(Br)c1)C(=O)Cc1c(Cl)cccc1Cl. The van der Waals surface area contributed by atoms with Crippen LogP contribution in [0.25, 0.3) is 0 Å². The molecule has 0 bridgehead atoms. The molecule has 1 N–H and O–H groups in total. The lowest BCUT2D eigenvalue weighted by Gasteiger charge is -2.31. The third-order valence-corrected chi connectivity index (χ3v) is 6.35. The molecule has 0 aromatic heterocycles. The molecule has 0 saturated carbocycles. The Morgan fingerprint density at radius 1 is 0.938 bits per heavy atom. The number of carbonyl (C=O) groups is 2. The van der Waals surface area contributed by atoms with Crippen LogP contribution < -0.4 is 5.32 Å². The molecule has 0 spiro atoms. The van der Waals surface area contributed by atoms with Crippen molar-refractivity contribution in [2.24, 2.45) is 0 Å². The molecule has 0 saturated heterocycles. The summed E-state index contributed by atoms with van der Waals surface area (Å²) in [6.45, 7) is 0.269. The lowest BCUT2D eigenvalue weighted by Crippen LogP contribution is -2.50. The van der Waals surface area contributed by atoms with E-state index < -0.39 is 6.04 Å². The van der Waals surface area contributed by atoms with Crippen LogP contribution in [0.1, 0.15) is 16.7 Å². The van der Waals surface area contributed by atoms with Crippen LogP contribution in [0.2, 0.25) is 10.0 Å². The van der Waals surface area contributed by atoms with E-state index in [1.54, 1.807) is 30.1 Å². The lowest BCUT2D eigenvalue weighted by atomic mass is 10.0. The molecular formula is C25H23BrCl2N2O2. The number of benzene rings is 3. The van der Waals surface area contributed by atoms with Gasteiger partial charge in [-0.3, -0.25) is 9.59 Å². The summed E-state index contributed by atoms with van der Waals surface area (Å²) < 4.78 is 0.899. The Morgan fingerprint density at radius 2 is 1.56 bits per heavy atom. The van der Waals surface area contributed by atoms with Crippen LogP contribution in [-0.2, 0) is 29.0 Å². The lowest BCUT2D eigenvalue weighted by molar-refractivity contribution is -0.140. The van der Waals surface area contributed by atoms with E-state index >= 15 is 0 Å². The van der Waals surface area contributed by atoms with Crippen molar-refractivity contribution in [3.8, 4) is 0 Å². The van der Waals surface area contributed by atoms with E-state index in [-0.39, 0.29) is 24.8 Å². The van der Waals surface area contributed by atoms with Gasteiger partial charge in [0, 0.05) is 34.5 Å². The summed E-state index contributed by atoms with van der Waals surface area (Å²) in [4.78, 5) is 28.1. The van der Waals surface area contributed by atoms with Gasteiger partial charge in [-0.25, -0.2) is 0 Å². The van der Waals surface area contributed by atoms with Crippen molar-refractivity contribution in [3.05, 3.63) is 104 Å². The second-order valence-electron chi connectivity index (χ2n) is 7.35. The number of halogens is 3. The van der Waals surface area contributed by atoms with E-state index in [0.717, 1.165) is 15.6 Å². The fourth-order valence-electron chi connectivity index (χ4n) is 3.51. The van der Waals surface area contributed by atoms with E-state index in [2.05, 4.69) is 21.2 Å². The maximum Gasteiger partial charge on any atom is 0.242 e. The van der Waals surface area contributed by atoms with Gasteiger partial charge >= 0.3 is 0 Å². The van der Waals surface area contributed by atoms with Crippen LogP contribution >= 0.6 is 39.1 Å². The molecule has 7 heteroatoms. The molecule has 0 fully saturated rings. The van der Waals surface area contributed by atoms with Gasteiger partial charge in [-0.1, -0.05) is 87.7 Å². The van der Waals surface area contributed by atoms with Gasteiger partial charge in [0.2, 0.25) is 11.8 Å². The van der Waals surface area contributed by atoms with E-state index in [1.807, 2.05) is 54.6 Å². The Kier molecular flexibility index (Phi) is 8.74. The van der Waals surface area contributed by atoms with Crippen LogP contribution in [0, 0.1) is 0 Å². The van der Waals surface area contributed by atoms with Crippen molar-refractivity contribution in [1.29, 1.82) is 0 Å². The van der Waals surface area contributed by atoms with Gasteiger partial charge in [-0.05, 0) is 41.0 Å². The van der Waals surface area contributed by atoms with Gasteiger partial charge in [0.25, 0.3) is 0 Å². The normalized spacial score (nSPS) is 11.6. The topological polar surface area (TPSA) is 49.4 Å². The number of carbonyl (C=O) groups excluding carboxylic acids is 2. The molecule has 2 amide bonds. The molecule has 3 aromatic rings. The number of hydrogen-bond acceptors (Lipinski definition) is 2. The fraction of sp³-hybridized carbons (Fsp3) is 0.200. The molecule has 166 valence electrons. The number of nitrogens with one attached hydrogen (secondary N) is 1. The summed E-state index contributed by atoms with van der Waals surface area (Å²) in [5, 5.41) is 3.56. The largest absolute Gasteiger partial charge is 0.357 e. The number of hydrogen-bond donors (Lipinski definition) is 1. The van der Waals surface area contributed by atoms with Crippen molar-refractivity contribution in [3.63, 3.8) is 0 Å². The molecule has 1 atom stereocenters. The highest BCUT2D eigenvalue weighted by atomic mass is 79.9. The van der Waals surface area contributed by atoms with Crippen molar-refractivity contribution < 1.29 is 9.59 Å². The second-order valence-corrected chi connectivity index (χ2v) is 9.08. The number of nitrogens with zero attached hydrogens (tertiary/aromatic N) is 1. The first-order valence-corrected chi connectivity index (χ1v) is 11.7. The van der Waals surface area contributed by atoms with E-state index in [9.17, 15) is 9.59 Å². The van der Waals surface area contributed by atoms with Gasteiger partial charge < -0.3 is 10.2 Å². The quantitative estimate of drug-likeness (QED) is 0.404. The molecule has 32 heavy (non-hydrogen) atoms. The second kappa shape index (κ2) is 11.5. The summed E-state index contributed by atoms with van der Waals surface area (Å²) in [6, 6.07) is 21.8. The summed E-state index contributed by atoms with van der Waals surface area (Å²) in [7, 11) is 1.58. The maximum absolute atomic E-state index is 13.6. The molecule has 0 radical (unpaired) electrons. The van der Waals surface area contributed by atoms with Gasteiger partial charge in [0.1, 0.15) is 6.04 Å². The third-order valence-electron chi connectivity index (χ3n) is 5.15. The van der Waals surface area contributed by atoms with Gasteiger partial charge in [0.05, 0.1) is 6.42 Å².